The highest BCUT2D eigenvalue weighted by atomic mass is 19.1. The summed E-state index contributed by atoms with van der Waals surface area (Å²) in [6, 6.07) is 9.66. The molecule has 1 saturated heterocycles. The second kappa shape index (κ2) is 11.0. The van der Waals surface area contributed by atoms with Gasteiger partial charge in [0.1, 0.15) is 23.4 Å². The molecule has 2 aromatic carbocycles. The quantitative estimate of drug-likeness (QED) is 0.508. The van der Waals surface area contributed by atoms with Crippen molar-refractivity contribution in [2.75, 3.05) is 26.8 Å². The highest BCUT2D eigenvalue weighted by Gasteiger charge is 2.35. The first-order chi connectivity index (χ1) is 18.8. The fraction of sp³-hybridized carbons (Fsp3) is 0.333. The van der Waals surface area contributed by atoms with Crippen LogP contribution in [0.25, 0.3) is 0 Å². The lowest BCUT2D eigenvalue weighted by atomic mass is 10.0. The van der Waals surface area contributed by atoms with Gasteiger partial charge in [0, 0.05) is 43.8 Å². The minimum atomic E-state index is -0.644. The fourth-order valence-corrected chi connectivity index (χ4v) is 4.57. The number of hydrogen-bond donors (Lipinski definition) is 2. The highest BCUT2D eigenvalue weighted by molar-refractivity contribution is 5.95. The van der Waals surface area contributed by atoms with Gasteiger partial charge in [-0.2, -0.15) is 0 Å². The molecule has 5 rings (SSSR count). The van der Waals surface area contributed by atoms with Crippen LogP contribution in [0.4, 0.5) is 4.39 Å². The van der Waals surface area contributed by atoms with Gasteiger partial charge in [-0.15, -0.1) is 0 Å². The third kappa shape index (κ3) is 5.95. The van der Waals surface area contributed by atoms with E-state index in [1.807, 2.05) is 0 Å². The van der Waals surface area contributed by atoms with Crippen molar-refractivity contribution < 1.29 is 37.5 Å². The van der Waals surface area contributed by atoms with Gasteiger partial charge < -0.3 is 34.3 Å². The van der Waals surface area contributed by atoms with Crippen LogP contribution in [0.2, 0.25) is 0 Å². The summed E-state index contributed by atoms with van der Waals surface area (Å²) in [7, 11) is 1.45. The van der Waals surface area contributed by atoms with E-state index in [1.165, 1.54) is 25.3 Å². The molecule has 1 fully saturated rings. The van der Waals surface area contributed by atoms with Crippen LogP contribution >= 0.6 is 0 Å². The molecule has 2 atom stereocenters. The van der Waals surface area contributed by atoms with Crippen LogP contribution in [-0.2, 0) is 11.3 Å². The van der Waals surface area contributed by atoms with Crippen LogP contribution in [0.15, 0.2) is 47.0 Å². The van der Waals surface area contributed by atoms with Crippen molar-refractivity contribution in [2.45, 2.75) is 32.0 Å². The summed E-state index contributed by atoms with van der Waals surface area (Å²) in [4.78, 5) is 40.3. The van der Waals surface area contributed by atoms with Gasteiger partial charge in [-0.3, -0.25) is 14.4 Å². The van der Waals surface area contributed by atoms with E-state index in [2.05, 4.69) is 15.8 Å². The number of nitrogens with zero attached hydrogens (tertiary/aromatic N) is 2. The number of methoxy groups -OCH3 is 1. The van der Waals surface area contributed by atoms with E-state index in [-0.39, 0.29) is 48.4 Å². The summed E-state index contributed by atoms with van der Waals surface area (Å²) in [5.74, 6) is -0.479. The summed E-state index contributed by atoms with van der Waals surface area (Å²) in [5.41, 5.74) is 0.903. The first-order valence-corrected chi connectivity index (χ1v) is 12.4. The molecule has 2 aliphatic heterocycles. The molecule has 11 nitrogen and oxygen atoms in total. The van der Waals surface area contributed by atoms with Crippen molar-refractivity contribution in [1.82, 2.24) is 20.7 Å². The Morgan fingerprint density at radius 2 is 2.03 bits per heavy atom. The zero-order chi connectivity index (χ0) is 27.5. The summed E-state index contributed by atoms with van der Waals surface area (Å²) in [6.07, 6.45) is -0.226. The average molecular weight is 539 g/mol. The summed E-state index contributed by atoms with van der Waals surface area (Å²) in [5, 5.41) is 9.44. The van der Waals surface area contributed by atoms with E-state index in [1.54, 1.807) is 36.1 Å². The molecule has 2 aliphatic rings. The van der Waals surface area contributed by atoms with Crippen LogP contribution in [0.1, 0.15) is 38.6 Å². The Hall–Kier alpha value is -4.61. The molecule has 39 heavy (non-hydrogen) atoms. The summed E-state index contributed by atoms with van der Waals surface area (Å²) >= 11 is 0. The number of amides is 3. The van der Waals surface area contributed by atoms with E-state index < -0.39 is 29.8 Å². The number of hydrogen-bond acceptors (Lipinski definition) is 8. The van der Waals surface area contributed by atoms with Crippen LogP contribution in [0.3, 0.4) is 0 Å². The number of piperidine rings is 1. The van der Waals surface area contributed by atoms with Gasteiger partial charge in [-0.25, -0.2) is 4.39 Å². The Kier molecular flexibility index (Phi) is 7.35. The van der Waals surface area contributed by atoms with E-state index in [0.29, 0.717) is 30.0 Å². The van der Waals surface area contributed by atoms with Crippen molar-refractivity contribution in [3.63, 3.8) is 0 Å². The van der Waals surface area contributed by atoms with E-state index in [4.69, 9.17) is 18.7 Å². The van der Waals surface area contributed by atoms with Crippen LogP contribution in [0, 0.1) is 12.7 Å². The Bertz CT molecular complexity index is 1410. The number of likely N-dealkylation sites (tertiary alicyclic amines) is 1. The maximum absolute atomic E-state index is 14.4. The van der Waals surface area contributed by atoms with E-state index >= 15 is 0 Å². The van der Waals surface area contributed by atoms with Crippen molar-refractivity contribution in [3.05, 3.63) is 70.9 Å². The number of benzene rings is 2. The van der Waals surface area contributed by atoms with Gasteiger partial charge in [0.25, 0.3) is 17.7 Å². The normalized spacial score (nSPS) is 19.6. The number of carbonyl (C=O) groups excluding carboxylic acids is 3. The number of nitrogens with one attached hydrogen (secondary N) is 2. The predicted molar refractivity (Wildman–Crippen MR) is 134 cm³/mol. The van der Waals surface area contributed by atoms with Crippen molar-refractivity contribution in [3.8, 4) is 17.2 Å². The molecular weight excluding hydrogens is 511 g/mol. The Labute approximate surface area is 223 Å². The number of ether oxygens (including phenoxy) is 3. The SMILES string of the molecule is COc1ccc2cc1OCC(=O)NCc1cc(F)cc(c1)O[C@@H]1CCN(C(=O)c3cc(C)on3)C[C@@H]1NC2=O. The average Bonchev–Trinajstić information content (AvgIpc) is 3.36. The first-order valence-electron chi connectivity index (χ1n) is 12.4. The fourth-order valence-electron chi connectivity index (χ4n) is 4.57. The van der Waals surface area contributed by atoms with Gasteiger partial charge in [0.2, 0.25) is 0 Å². The van der Waals surface area contributed by atoms with E-state index in [0.717, 1.165) is 0 Å². The molecule has 1 aromatic heterocycles. The number of carbonyl (C=O) groups is 3. The Morgan fingerprint density at radius 1 is 1.18 bits per heavy atom. The smallest absolute Gasteiger partial charge is 0.276 e. The number of halogens is 1. The largest absolute Gasteiger partial charge is 0.493 e. The lowest BCUT2D eigenvalue weighted by Gasteiger charge is -2.38. The molecule has 0 unspecified atom stereocenters. The molecule has 12 heteroatoms. The molecule has 2 N–H and O–H groups in total. The molecular formula is C27H27FN4O7. The molecule has 204 valence electrons. The topological polar surface area (TPSA) is 132 Å². The minimum absolute atomic E-state index is 0.0533. The number of fused-ring (bicyclic) bond motifs is 5. The highest BCUT2D eigenvalue weighted by Crippen LogP contribution is 2.29. The Morgan fingerprint density at radius 3 is 2.79 bits per heavy atom. The monoisotopic (exact) mass is 538 g/mol. The van der Waals surface area contributed by atoms with Gasteiger partial charge in [0.05, 0.1) is 13.2 Å². The number of aromatic nitrogens is 1. The van der Waals surface area contributed by atoms with Gasteiger partial charge >= 0.3 is 0 Å². The van der Waals surface area contributed by atoms with Crippen LogP contribution in [0.5, 0.6) is 17.2 Å². The molecule has 3 aromatic rings. The number of rotatable bonds is 2. The minimum Gasteiger partial charge on any atom is -0.493 e. The van der Waals surface area contributed by atoms with Gasteiger partial charge in [-0.05, 0) is 42.8 Å². The molecule has 0 saturated carbocycles. The predicted octanol–water partition coefficient (Wildman–Crippen LogP) is 2.23. The molecule has 4 bridgehead atoms. The maximum atomic E-state index is 14.4. The van der Waals surface area contributed by atoms with Crippen LogP contribution < -0.4 is 24.8 Å². The second-order valence-electron chi connectivity index (χ2n) is 9.33. The molecule has 0 aliphatic carbocycles. The van der Waals surface area contributed by atoms with Crippen molar-refractivity contribution in [2.24, 2.45) is 0 Å². The van der Waals surface area contributed by atoms with Gasteiger partial charge in [-0.1, -0.05) is 5.16 Å². The Balaban J connectivity index is 1.47. The summed E-state index contributed by atoms with van der Waals surface area (Å²) < 4.78 is 36.6. The third-order valence-electron chi connectivity index (χ3n) is 6.49. The third-order valence-corrected chi connectivity index (χ3v) is 6.49. The maximum Gasteiger partial charge on any atom is 0.276 e. The standard InChI is InChI=1S/C27H27FN4O7/c1-15-7-20(31-39-15)27(35)32-6-5-22-21(13-32)30-26(34)17-3-4-23(36-2)24(10-17)37-14-25(33)29-12-16-8-18(28)11-19(9-16)38-22/h3-4,7-11,21-22H,5-6,12-14H2,1-2H3,(H,29,33)(H,30,34)/t21-,22+/m0/s1. The van der Waals surface area contributed by atoms with Gasteiger partial charge in [0.15, 0.2) is 23.8 Å². The molecule has 0 spiro atoms. The first kappa shape index (κ1) is 26.0. The van der Waals surface area contributed by atoms with Crippen LogP contribution in [-0.4, -0.2) is 66.7 Å². The number of aryl methyl sites for hydroxylation is 1. The second-order valence-corrected chi connectivity index (χ2v) is 9.33. The molecule has 0 radical (unpaired) electrons. The molecule has 3 amide bonds. The molecule has 3 heterocycles. The lowest BCUT2D eigenvalue weighted by Crippen LogP contribution is -2.58. The summed E-state index contributed by atoms with van der Waals surface area (Å²) in [6.45, 7) is 1.85. The zero-order valence-electron chi connectivity index (χ0n) is 21.4. The zero-order valence-corrected chi connectivity index (χ0v) is 21.4. The van der Waals surface area contributed by atoms with E-state index in [9.17, 15) is 18.8 Å². The van der Waals surface area contributed by atoms with Crippen molar-refractivity contribution >= 4 is 17.7 Å². The van der Waals surface area contributed by atoms with Crippen molar-refractivity contribution in [1.29, 1.82) is 0 Å². The lowest BCUT2D eigenvalue weighted by molar-refractivity contribution is -0.123.